The van der Waals surface area contributed by atoms with E-state index in [1.165, 1.54) is 38.5 Å². The van der Waals surface area contributed by atoms with Gasteiger partial charge in [0, 0.05) is 6.04 Å². The molecule has 1 atom stereocenters. The molecule has 1 rings (SSSR count). The second kappa shape index (κ2) is 7.24. The van der Waals surface area contributed by atoms with Gasteiger partial charge < -0.3 is 10.1 Å². The predicted molar refractivity (Wildman–Crippen MR) is 65.1 cm³/mol. The molecular weight excluding hydrogens is 186 g/mol. The van der Waals surface area contributed by atoms with Gasteiger partial charge in [-0.25, -0.2) is 0 Å². The Morgan fingerprint density at radius 3 is 2.47 bits per heavy atom. The lowest BCUT2D eigenvalue weighted by Crippen LogP contribution is -2.31. The van der Waals surface area contributed by atoms with Crippen LogP contribution in [0.1, 0.15) is 52.4 Å². The van der Waals surface area contributed by atoms with Crippen LogP contribution in [0.5, 0.6) is 0 Å². The quantitative estimate of drug-likeness (QED) is 0.702. The molecule has 15 heavy (non-hydrogen) atoms. The molecule has 1 fully saturated rings. The van der Waals surface area contributed by atoms with Crippen molar-refractivity contribution in [3.8, 4) is 0 Å². The molecule has 0 bridgehead atoms. The van der Waals surface area contributed by atoms with Gasteiger partial charge in [-0.3, -0.25) is 0 Å². The number of nitrogens with one attached hydrogen (secondary N) is 1. The molecule has 2 nitrogen and oxygen atoms in total. The Bertz CT molecular complexity index is 153. The van der Waals surface area contributed by atoms with E-state index in [0.29, 0.717) is 12.1 Å². The smallest absolute Gasteiger partial charge is 0.0622 e. The molecule has 0 aliphatic heterocycles. The van der Waals surface area contributed by atoms with Crippen LogP contribution in [0.3, 0.4) is 0 Å². The van der Waals surface area contributed by atoms with Gasteiger partial charge >= 0.3 is 0 Å². The fraction of sp³-hybridized carbons (Fsp3) is 1.00. The van der Waals surface area contributed by atoms with Gasteiger partial charge in [0.15, 0.2) is 0 Å². The summed E-state index contributed by atoms with van der Waals surface area (Å²) < 4.78 is 5.65. The summed E-state index contributed by atoms with van der Waals surface area (Å²) in [5.41, 5.74) is 0. The van der Waals surface area contributed by atoms with Crippen LogP contribution in [0.4, 0.5) is 0 Å². The van der Waals surface area contributed by atoms with Gasteiger partial charge in [-0.2, -0.15) is 0 Å². The molecule has 1 aliphatic rings. The van der Waals surface area contributed by atoms with Gasteiger partial charge in [-0.1, -0.05) is 25.7 Å². The van der Waals surface area contributed by atoms with Gasteiger partial charge in [-0.05, 0) is 39.7 Å². The molecular formula is C13H27NO. The molecule has 0 aromatic heterocycles. The molecule has 2 heteroatoms. The molecule has 1 unspecified atom stereocenters. The van der Waals surface area contributed by atoms with E-state index in [4.69, 9.17) is 4.74 Å². The normalized spacial score (nSPS) is 20.0. The standard InChI is InChI=1S/C13H27NO/c1-11(2)15-10-13(14-3)9-8-12-6-4-5-7-12/h11-14H,4-10H2,1-3H3. The first-order chi connectivity index (χ1) is 7.22. The van der Waals surface area contributed by atoms with E-state index in [1.54, 1.807) is 0 Å². The largest absolute Gasteiger partial charge is 0.377 e. The number of rotatable bonds is 7. The molecule has 0 aromatic rings. The average molecular weight is 213 g/mol. The minimum atomic E-state index is 0.354. The van der Waals surface area contributed by atoms with E-state index in [2.05, 4.69) is 19.2 Å². The van der Waals surface area contributed by atoms with Crippen molar-refractivity contribution in [1.82, 2.24) is 5.32 Å². The fourth-order valence-electron chi connectivity index (χ4n) is 2.36. The zero-order valence-corrected chi connectivity index (χ0v) is 10.6. The maximum atomic E-state index is 5.65. The maximum absolute atomic E-state index is 5.65. The molecule has 0 radical (unpaired) electrons. The van der Waals surface area contributed by atoms with Crippen molar-refractivity contribution in [2.45, 2.75) is 64.5 Å². The van der Waals surface area contributed by atoms with Crippen LogP contribution in [0.25, 0.3) is 0 Å². The molecule has 1 saturated carbocycles. The summed E-state index contributed by atoms with van der Waals surface area (Å²) in [6, 6.07) is 0.549. The maximum Gasteiger partial charge on any atom is 0.0622 e. The molecule has 0 saturated heterocycles. The van der Waals surface area contributed by atoms with Crippen LogP contribution in [0, 0.1) is 5.92 Å². The first-order valence-corrected chi connectivity index (χ1v) is 6.51. The van der Waals surface area contributed by atoms with Gasteiger partial charge in [0.25, 0.3) is 0 Å². The summed E-state index contributed by atoms with van der Waals surface area (Å²) in [4.78, 5) is 0. The van der Waals surface area contributed by atoms with Crippen molar-refractivity contribution in [1.29, 1.82) is 0 Å². The second-order valence-corrected chi connectivity index (χ2v) is 5.10. The van der Waals surface area contributed by atoms with Gasteiger partial charge in [0.05, 0.1) is 12.7 Å². The zero-order valence-electron chi connectivity index (χ0n) is 10.6. The van der Waals surface area contributed by atoms with Crippen molar-refractivity contribution in [2.24, 2.45) is 5.92 Å². The molecule has 0 spiro atoms. The lowest BCUT2D eigenvalue weighted by Gasteiger charge is -2.19. The third kappa shape index (κ3) is 5.53. The predicted octanol–water partition coefficient (Wildman–Crippen LogP) is 2.97. The van der Waals surface area contributed by atoms with Gasteiger partial charge in [0.2, 0.25) is 0 Å². The molecule has 1 N–H and O–H groups in total. The number of hydrogen-bond acceptors (Lipinski definition) is 2. The first-order valence-electron chi connectivity index (χ1n) is 6.51. The van der Waals surface area contributed by atoms with Crippen LogP contribution >= 0.6 is 0 Å². The summed E-state index contributed by atoms with van der Waals surface area (Å²) in [5, 5.41) is 3.36. The summed E-state index contributed by atoms with van der Waals surface area (Å²) in [6.45, 7) is 5.06. The molecule has 0 heterocycles. The van der Waals surface area contributed by atoms with E-state index in [0.717, 1.165) is 12.5 Å². The Balaban J connectivity index is 2.09. The lowest BCUT2D eigenvalue weighted by atomic mass is 9.99. The highest BCUT2D eigenvalue weighted by Crippen LogP contribution is 2.28. The van der Waals surface area contributed by atoms with Crippen LogP contribution in [0.2, 0.25) is 0 Å². The summed E-state index contributed by atoms with van der Waals surface area (Å²) in [5.74, 6) is 1.000. The highest BCUT2D eigenvalue weighted by atomic mass is 16.5. The minimum absolute atomic E-state index is 0.354. The zero-order chi connectivity index (χ0) is 11.1. The van der Waals surface area contributed by atoms with Gasteiger partial charge in [-0.15, -0.1) is 0 Å². The fourth-order valence-corrected chi connectivity index (χ4v) is 2.36. The van der Waals surface area contributed by atoms with Crippen LogP contribution in [0.15, 0.2) is 0 Å². The van der Waals surface area contributed by atoms with Gasteiger partial charge in [0.1, 0.15) is 0 Å². The first kappa shape index (κ1) is 13.0. The molecule has 1 aliphatic carbocycles. The highest BCUT2D eigenvalue weighted by Gasteiger charge is 2.16. The Morgan fingerprint density at radius 2 is 1.93 bits per heavy atom. The summed E-state index contributed by atoms with van der Waals surface area (Å²) in [7, 11) is 2.04. The van der Waals surface area contributed by atoms with Crippen molar-refractivity contribution < 1.29 is 4.74 Å². The minimum Gasteiger partial charge on any atom is -0.377 e. The van der Waals surface area contributed by atoms with Crippen molar-refractivity contribution in [3.05, 3.63) is 0 Å². The van der Waals surface area contributed by atoms with E-state index in [1.807, 2.05) is 7.05 Å². The average Bonchev–Trinajstić information content (AvgIpc) is 2.70. The van der Waals surface area contributed by atoms with E-state index < -0.39 is 0 Å². The Labute approximate surface area is 94.8 Å². The Hall–Kier alpha value is -0.0800. The van der Waals surface area contributed by atoms with Crippen LogP contribution in [-0.2, 0) is 4.74 Å². The van der Waals surface area contributed by atoms with E-state index in [9.17, 15) is 0 Å². The SMILES string of the molecule is CNC(CCC1CCCC1)COC(C)C. The molecule has 0 amide bonds. The highest BCUT2D eigenvalue weighted by molar-refractivity contribution is 4.71. The van der Waals surface area contributed by atoms with Crippen LogP contribution < -0.4 is 5.32 Å². The van der Waals surface area contributed by atoms with Crippen molar-refractivity contribution >= 4 is 0 Å². The topological polar surface area (TPSA) is 21.3 Å². The number of likely N-dealkylation sites (N-methyl/N-ethyl adjacent to an activating group) is 1. The lowest BCUT2D eigenvalue weighted by molar-refractivity contribution is 0.0598. The summed E-state index contributed by atoms with van der Waals surface area (Å²) >= 11 is 0. The van der Waals surface area contributed by atoms with Crippen molar-refractivity contribution in [3.63, 3.8) is 0 Å². The molecule has 0 aromatic carbocycles. The Kier molecular flexibility index (Phi) is 6.26. The number of ether oxygens (including phenoxy) is 1. The third-order valence-corrected chi connectivity index (χ3v) is 3.44. The van der Waals surface area contributed by atoms with Crippen LogP contribution in [-0.4, -0.2) is 25.8 Å². The van der Waals surface area contributed by atoms with E-state index in [-0.39, 0.29) is 0 Å². The monoisotopic (exact) mass is 213 g/mol. The Morgan fingerprint density at radius 1 is 1.27 bits per heavy atom. The third-order valence-electron chi connectivity index (χ3n) is 3.44. The summed E-state index contributed by atoms with van der Waals surface area (Å²) in [6.07, 6.45) is 8.84. The second-order valence-electron chi connectivity index (χ2n) is 5.10. The molecule has 90 valence electrons. The van der Waals surface area contributed by atoms with Crippen molar-refractivity contribution in [2.75, 3.05) is 13.7 Å². The number of hydrogen-bond donors (Lipinski definition) is 1. The van der Waals surface area contributed by atoms with E-state index >= 15 is 0 Å².